The molecule has 0 amide bonds. The number of hydrogen-bond acceptors (Lipinski definition) is 2. The van der Waals surface area contributed by atoms with Crippen LogP contribution in [0.25, 0.3) is 11.3 Å². The van der Waals surface area contributed by atoms with Crippen LogP contribution in [0.15, 0.2) is 84.0 Å². The van der Waals surface area contributed by atoms with Gasteiger partial charge in [-0.3, -0.25) is 4.99 Å². The summed E-state index contributed by atoms with van der Waals surface area (Å²) in [5.41, 5.74) is 10.4. The Kier molecular flexibility index (Phi) is 11.2. The first kappa shape index (κ1) is 26.9. The number of allylic oxidation sites excluding steroid dienone is 6. The van der Waals surface area contributed by atoms with Crippen molar-refractivity contribution in [3.63, 3.8) is 0 Å². The van der Waals surface area contributed by atoms with Crippen LogP contribution in [0, 0.1) is 13.8 Å². The Balaban J connectivity index is 0.00000249. The number of aliphatic imine (C=N–C) groups is 1. The van der Waals surface area contributed by atoms with Crippen LogP contribution in [0.2, 0.25) is 0 Å². The molecule has 2 aromatic rings. The summed E-state index contributed by atoms with van der Waals surface area (Å²) < 4.78 is 0. The summed E-state index contributed by atoms with van der Waals surface area (Å²) in [7, 11) is 2.10. The van der Waals surface area contributed by atoms with E-state index in [0.29, 0.717) is 0 Å². The van der Waals surface area contributed by atoms with E-state index >= 15 is 0 Å². The van der Waals surface area contributed by atoms with Gasteiger partial charge in [-0.15, -0.1) is 0 Å². The van der Waals surface area contributed by atoms with Crippen molar-refractivity contribution in [3.8, 4) is 0 Å². The van der Waals surface area contributed by atoms with Gasteiger partial charge >= 0.3 is 0 Å². The molecule has 2 rings (SSSR count). The lowest BCUT2D eigenvalue weighted by molar-refractivity contribution is 1.09. The minimum atomic E-state index is 0.941. The second-order valence-corrected chi connectivity index (χ2v) is 7.93. The van der Waals surface area contributed by atoms with E-state index in [4.69, 9.17) is 0 Å². The highest BCUT2D eigenvalue weighted by Crippen LogP contribution is 2.25. The van der Waals surface area contributed by atoms with Gasteiger partial charge in [0.1, 0.15) is 0 Å². The van der Waals surface area contributed by atoms with Crippen LogP contribution in [0.4, 0.5) is 5.69 Å². The van der Waals surface area contributed by atoms with E-state index in [1.807, 2.05) is 33.8 Å². The summed E-state index contributed by atoms with van der Waals surface area (Å²) in [4.78, 5) is 6.85. The summed E-state index contributed by atoms with van der Waals surface area (Å²) in [6, 6.07) is 15.1. The van der Waals surface area contributed by atoms with E-state index in [-0.39, 0.29) is 0 Å². The van der Waals surface area contributed by atoms with Crippen molar-refractivity contribution >= 4 is 22.7 Å². The molecule has 0 bridgehead atoms. The molecule has 0 aromatic heterocycles. The Morgan fingerprint density at radius 2 is 1.50 bits per heavy atom. The molecule has 2 aromatic carbocycles. The number of nitrogens with zero attached hydrogens (tertiary/aromatic N) is 2. The predicted octanol–water partition coefficient (Wildman–Crippen LogP) is 8.78. The lowest BCUT2D eigenvalue weighted by atomic mass is 9.97. The zero-order valence-electron chi connectivity index (χ0n) is 21.5. The minimum absolute atomic E-state index is 0.941. The van der Waals surface area contributed by atoms with Crippen molar-refractivity contribution < 1.29 is 0 Å². The van der Waals surface area contributed by atoms with Crippen LogP contribution in [0.1, 0.15) is 63.8 Å². The molecule has 170 valence electrons. The zero-order valence-corrected chi connectivity index (χ0v) is 21.5. The molecular formula is C30H40N2. The normalized spacial score (nSPS) is 12.0. The topological polar surface area (TPSA) is 15.6 Å². The third kappa shape index (κ3) is 7.85. The minimum Gasteiger partial charge on any atom is -0.348 e. The van der Waals surface area contributed by atoms with Crippen LogP contribution in [0.5, 0.6) is 0 Å². The molecule has 32 heavy (non-hydrogen) atoms. The highest BCUT2D eigenvalue weighted by atomic mass is 15.1. The maximum atomic E-state index is 4.64. The average molecular weight is 429 g/mol. The van der Waals surface area contributed by atoms with Gasteiger partial charge in [0.25, 0.3) is 0 Å². The largest absolute Gasteiger partial charge is 0.348 e. The number of benzene rings is 2. The number of aryl methyl sites for hydroxylation is 2. The lowest BCUT2D eigenvalue weighted by Crippen LogP contribution is -2.13. The maximum absolute atomic E-state index is 4.64. The number of hydrogen-bond donors (Lipinski definition) is 0. The van der Waals surface area contributed by atoms with E-state index < -0.39 is 0 Å². The summed E-state index contributed by atoms with van der Waals surface area (Å²) in [5.74, 6) is 0. The van der Waals surface area contributed by atoms with Crippen molar-refractivity contribution in [1.29, 1.82) is 0 Å². The van der Waals surface area contributed by atoms with Gasteiger partial charge in [0.05, 0.1) is 5.70 Å². The molecule has 0 aliphatic heterocycles. The summed E-state index contributed by atoms with van der Waals surface area (Å²) >= 11 is 0. The van der Waals surface area contributed by atoms with E-state index in [1.54, 1.807) is 6.08 Å². The smallest absolute Gasteiger partial charge is 0.0700 e. The highest BCUT2D eigenvalue weighted by Gasteiger charge is 2.06. The molecule has 0 aliphatic carbocycles. The molecule has 0 aliphatic rings. The van der Waals surface area contributed by atoms with Crippen LogP contribution >= 0.6 is 0 Å². The first-order valence-electron chi connectivity index (χ1n) is 11.3. The lowest BCUT2D eigenvalue weighted by Gasteiger charge is -2.20. The zero-order chi connectivity index (χ0) is 24.3. The van der Waals surface area contributed by atoms with Crippen LogP contribution in [-0.4, -0.2) is 12.8 Å². The van der Waals surface area contributed by atoms with Gasteiger partial charge in [-0.1, -0.05) is 62.4 Å². The summed E-state index contributed by atoms with van der Waals surface area (Å²) in [5, 5.41) is 0. The highest BCUT2D eigenvalue weighted by molar-refractivity contribution is 5.86. The molecule has 0 saturated carbocycles. The Morgan fingerprint density at radius 1 is 0.875 bits per heavy atom. The Hall–Kier alpha value is -3.13. The van der Waals surface area contributed by atoms with Gasteiger partial charge in [-0.25, -0.2) is 0 Å². The monoisotopic (exact) mass is 428 g/mol. The molecular weight excluding hydrogens is 388 g/mol. The standard InChI is InChI=1S/C28H34N2.C2H6/c1-9-10-28(29-20(2)3)25-15-18-27(23(6)19-25)22(5)13-14-24(7)30(8)26-16-11-21(4)12-17-26;1-2/h9-19H,1H2,2-8H3;1-2H3/b22-13+,24-14+,28-10-;. The second kappa shape index (κ2) is 13.3. The average Bonchev–Trinajstić information content (AvgIpc) is 2.78. The Bertz CT molecular complexity index is 1010. The molecule has 0 atom stereocenters. The van der Waals surface area contributed by atoms with Gasteiger partial charge in [-0.2, -0.15) is 0 Å². The first-order chi connectivity index (χ1) is 15.2. The van der Waals surface area contributed by atoms with Crippen LogP contribution in [0.3, 0.4) is 0 Å². The molecule has 2 heteroatoms. The molecule has 0 fully saturated rings. The van der Waals surface area contributed by atoms with E-state index in [1.165, 1.54) is 33.6 Å². The molecule has 0 radical (unpaired) electrons. The van der Waals surface area contributed by atoms with Gasteiger partial charge in [0, 0.05) is 29.7 Å². The van der Waals surface area contributed by atoms with Gasteiger partial charge in [-0.05, 0) is 88.6 Å². The summed E-state index contributed by atoms with van der Waals surface area (Å²) in [6.45, 7) is 20.4. The van der Waals surface area contributed by atoms with Crippen molar-refractivity contribution in [3.05, 3.63) is 101 Å². The SMILES string of the molecule is C=C/C=C(\N=C(C)C)c1ccc(/C(C)=C/C=C(\C)N(C)c2ccc(C)cc2)c(C)c1.CC. The number of rotatable bonds is 7. The quantitative estimate of drug-likeness (QED) is 0.318. The fraction of sp³-hybridized carbons (Fsp3) is 0.300. The van der Waals surface area contributed by atoms with Crippen molar-refractivity contribution in [2.75, 3.05) is 11.9 Å². The molecule has 0 spiro atoms. The van der Waals surface area contributed by atoms with Crippen molar-refractivity contribution in [2.24, 2.45) is 4.99 Å². The molecule has 0 heterocycles. The van der Waals surface area contributed by atoms with E-state index in [0.717, 1.165) is 17.0 Å². The first-order valence-corrected chi connectivity index (χ1v) is 11.3. The Morgan fingerprint density at radius 3 is 2.03 bits per heavy atom. The second-order valence-electron chi connectivity index (χ2n) is 7.93. The molecule has 2 nitrogen and oxygen atoms in total. The number of anilines is 1. The van der Waals surface area contributed by atoms with Crippen LogP contribution in [-0.2, 0) is 0 Å². The van der Waals surface area contributed by atoms with Crippen molar-refractivity contribution in [1.82, 2.24) is 0 Å². The maximum Gasteiger partial charge on any atom is 0.0700 e. The van der Waals surface area contributed by atoms with Crippen molar-refractivity contribution in [2.45, 2.75) is 55.4 Å². The third-order valence-corrected chi connectivity index (χ3v) is 5.09. The summed E-state index contributed by atoms with van der Waals surface area (Å²) in [6.07, 6.45) is 8.11. The molecule has 0 N–H and O–H groups in total. The van der Waals surface area contributed by atoms with Crippen LogP contribution < -0.4 is 4.90 Å². The van der Waals surface area contributed by atoms with Gasteiger partial charge < -0.3 is 4.90 Å². The van der Waals surface area contributed by atoms with E-state index in [2.05, 4.69) is 106 Å². The fourth-order valence-electron chi connectivity index (χ4n) is 3.24. The molecule has 0 unspecified atom stereocenters. The third-order valence-electron chi connectivity index (χ3n) is 5.09. The predicted molar refractivity (Wildman–Crippen MR) is 146 cm³/mol. The van der Waals surface area contributed by atoms with Gasteiger partial charge in [0.2, 0.25) is 0 Å². The fourth-order valence-corrected chi connectivity index (χ4v) is 3.24. The van der Waals surface area contributed by atoms with Gasteiger partial charge in [0.15, 0.2) is 0 Å². The van der Waals surface area contributed by atoms with E-state index in [9.17, 15) is 0 Å². The Labute approximate surface area is 196 Å². The molecule has 0 saturated heterocycles.